The zero-order valence-corrected chi connectivity index (χ0v) is 14.9. The minimum Gasteiger partial charge on any atom is -0.368 e. The molecule has 1 aliphatic heterocycles. The van der Waals surface area contributed by atoms with Crippen LogP contribution in [-0.4, -0.2) is 31.2 Å². The zero-order valence-electron chi connectivity index (χ0n) is 10.9. The average molecular weight is 417 g/mol. The van der Waals surface area contributed by atoms with Crippen molar-refractivity contribution >= 4 is 54.0 Å². The van der Waals surface area contributed by atoms with Gasteiger partial charge in [0.2, 0.25) is 0 Å². The van der Waals surface area contributed by atoms with Gasteiger partial charge >= 0.3 is 0 Å². The Morgan fingerprint density at radius 3 is 2.55 bits per heavy atom. The Labute approximate surface area is 139 Å². The molecule has 0 amide bonds. The summed E-state index contributed by atoms with van der Waals surface area (Å²) >= 11 is 8.85. The standard InChI is InChI=1S/C14H15Br2N3S/c15-10-11-9-12(16)1-2-13(11)18-4-6-19(7-5-18)14-17-3-8-20-14/h1-3,8-9H,4-7,10H2. The smallest absolute Gasteiger partial charge is 0.185 e. The maximum Gasteiger partial charge on any atom is 0.185 e. The lowest BCUT2D eigenvalue weighted by Gasteiger charge is -2.36. The van der Waals surface area contributed by atoms with E-state index in [2.05, 4.69) is 64.8 Å². The molecule has 1 aliphatic rings. The van der Waals surface area contributed by atoms with Crippen LogP contribution in [0.1, 0.15) is 5.56 Å². The van der Waals surface area contributed by atoms with E-state index in [4.69, 9.17) is 0 Å². The van der Waals surface area contributed by atoms with Crippen LogP contribution in [0.4, 0.5) is 10.8 Å². The summed E-state index contributed by atoms with van der Waals surface area (Å²) in [7, 11) is 0. The number of benzene rings is 1. The first-order valence-corrected chi connectivity index (χ1v) is 9.31. The van der Waals surface area contributed by atoms with Crippen molar-refractivity contribution in [3.8, 4) is 0 Å². The van der Waals surface area contributed by atoms with Gasteiger partial charge < -0.3 is 9.80 Å². The molecule has 1 saturated heterocycles. The topological polar surface area (TPSA) is 19.4 Å². The van der Waals surface area contributed by atoms with Crippen molar-refractivity contribution in [1.29, 1.82) is 0 Å². The van der Waals surface area contributed by atoms with E-state index >= 15 is 0 Å². The van der Waals surface area contributed by atoms with Crippen molar-refractivity contribution in [1.82, 2.24) is 4.98 Å². The average Bonchev–Trinajstić information content (AvgIpc) is 3.01. The Morgan fingerprint density at radius 2 is 1.90 bits per heavy atom. The molecule has 0 aliphatic carbocycles. The molecule has 20 heavy (non-hydrogen) atoms. The van der Waals surface area contributed by atoms with Crippen LogP contribution in [0.15, 0.2) is 34.2 Å². The summed E-state index contributed by atoms with van der Waals surface area (Å²) in [6.07, 6.45) is 1.88. The van der Waals surface area contributed by atoms with Gasteiger partial charge in [0.15, 0.2) is 5.13 Å². The minimum atomic E-state index is 0.883. The third kappa shape index (κ3) is 3.02. The van der Waals surface area contributed by atoms with Crippen LogP contribution in [0.5, 0.6) is 0 Å². The van der Waals surface area contributed by atoms with Crippen molar-refractivity contribution in [2.75, 3.05) is 36.0 Å². The zero-order chi connectivity index (χ0) is 13.9. The van der Waals surface area contributed by atoms with Crippen molar-refractivity contribution in [2.24, 2.45) is 0 Å². The Morgan fingerprint density at radius 1 is 1.15 bits per heavy atom. The van der Waals surface area contributed by atoms with Crippen molar-refractivity contribution in [2.45, 2.75) is 5.33 Å². The minimum absolute atomic E-state index is 0.883. The number of piperazine rings is 1. The third-order valence-corrected chi connectivity index (χ3v) is 5.43. The highest BCUT2D eigenvalue weighted by molar-refractivity contribution is 9.10. The third-order valence-electron chi connectivity index (χ3n) is 3.50. The highest BCUT2D eigenvalue weighted by Gasteiger charge is 2.20. The molecule has 0 unspecified atom stereocenters. The summed E-state index contributed by atoms with van der Waals surface area (Å²) < 4.78 is 1.14. The first-order valence-electron chi connectivity index (χ1n) is 6.51. The fourth-order valence-corrected chi connectivity index (χ4v) is 4.03. The second-order valence-corrected chi connectivity index (χ2v) is 7.04. The molecule has 1 aromatic carbocycles. The summed E-state index contributed by atoms with van der Waals surface area (Å²) in [5, 5.41) is 4.06. The quantitative estimate of drug-likeness (QED) is 0.701. The number of anilines is 2. The van der Waals surface area contributed by atoms with Gasteiger partial charge in [0.1, 0.15) is 0 Å². The lowest BCUT2D eigenvalue weighted by atomic mass is 10.1. The molecule has 0 atom stereocenters. The summed E-state index contributed by atoms with van der Waals surface area (Å²) in [5.74, 6) is 0. The molecule has 2 heterocycles. The maximum absolute atomic E-state index is 4.40. The summed E-state index contributed by atoms with van der Waals surface area (Å²) in [6.45, 7) is 4.15. The van der Waals surface area contributed by atoms with Gasteiger partial charge in [0, 0.05) is 53.2 Å². The molecule has 1 aromatic heterocycles. The lowest BCUT2D eigenvalue weighted by Crippen LogP contribution is -2.46. The molecule has 3 nitrogen and oxygen atoms in total. The van der Waals surface area contributed by atoms with Crippen LogP contribution >= 0.6 is 43.2 Å². The van der Waals surface area contributed by atoms with E-state index in [0.717, 1.165) is 41.1 Å². The van der Waals surface area contributed by atoms with Gasteiger partial charge in [0.05, 0.1) is 0 Å². The summed E-state index contributed by atoms with van der Waals surface area (Å²) in [4.78, 5) is 9.23. The van der Waals surface area contributed by atoms with E-state index in [1.54, 1.807) is 11.3 Å². The highest BCUT2D eigenvalue weighted by atomic mass is 79.9. The fourth-order valence-electron chi connectivity index (χ4n) is 2.48. The number of hydrogen-bond donors (Lipinski definition) is 0. The van der Waals surface area contributed by atoms with Crippen molar-refractivity contribution in [3.05, 3.63) is 39.8 Å². The Bertz CT molecular complexity index is 566. The maximum atomic E-state index is 4.40. The molecular formula is C14H15Br2N3S. The molecule has 0 saturated carbocycles. The van der Waals surface area contributed by atoms with Gasteiger partial charge in [-0.2, -0.15) is 0 Å². The fraction of sp³-hybridized carbons (Fsp3) is 0.357. The number of aromatic nitrogens is 1. The van der Waals surface area contributed by atoms with Crippen LogP contribution in [0.3, 0.4) is 0 Å². The van der Waals surface area contributed by atoms with E-state index in [-0.39, 0.29) is 0 Å². The van der Waals surface area contributed by atoms with Crippen LogP contribution in [0, 0.1) is 0 Å². The van der Waals surface area contributed by atoms with Crippen molar-refractivity contribution in [3.63, 3.8) is 0 Å². The van der Waals surface area contributed by atoms with E-state index in [0.29, 0.717) is 0 Å². The van der Waals surface area contributed by atoms with Gasteiger partial charge in [0.25, 0.3) is 0 Å². The molecule has 3 rings (SSSR count). The number of halogens is 2. The van der Waals surface area contributed by atoms with Crippen LogP contribution in [0.25, 0.3) is 0 Å². The van der Waals surface area contributed by atoms with E-state index in [1.807, 2.05) is 11.6 Å². The summed E-state index contributed by atoms with van der Waals surface area (Å²) in [6, 6.07) is 6.52. The Balaban J connectivity index is 1.72. The molecular weight excluding hydrogens is 402 g/mol. The number of alkyl halides is 1. The Kier molecular flexibility index (Phi) is 4.63. The van der Waals surface area contributed by atoms with Gasteiger partial charge in [-0.05, 0) is 23.8 Å². The normalized spacial score (nSPS) is 15.7. The second kappa shape index (κ2) is 6.45. The van der Waals surface area contributed by atoms with Gasteiger partial charge in [-0.3, -0.25) is 0 Å². The molecule has 0 bridgehead atoms. The molecule has 1 fully saturated rings. The molecule has 106 valence electrons. The molecule has 0 spiro atoms. The number of rotatable bonds is 3. The van der Waals surface area contributed by atoms with E-state index in [9.17, 15) is 0 Å². The van der Waals surface area contributed by atoms with Crippen LogP contribution < -0.4 is 9.80 Å². The van der Waals surface area contributed by atoms with Gasteiger partial charge in [-0.1, -0.05) is 31.9 Å². The highest BCUT2D eigenvalue weighted by Crippen LogP contribution is 2.28. The number of nitrogens with zero attached hydrogens (tertiary/aromatic N) is 3. The molecule has 6 heteroatoms. The van der Waals surface area contributed by atoms with Gasteiger partial charge in [-0.25, -0.2) is 4.98 Å². The van der Waals surface area contributed by atoms with Gasteiger partial charge in [-0.15, -0.1) is 11.3 Å². The number of hydrogen-bond acceptors (Lipinski definition) is 4. The van der Waals surface area contributed by atoms with E-state index in [1.165, 1.54) is 11.3 Å². The first-order chi connectivity index (χ1) is 9.78. The predicted octanol–water partition coefficient (Wildman–Crippen LogP) is 4.13. The predicted molar refractivity (Wildman–Crippen MR) is 93.3 cm³/mol. The van der Waals surface area contributed by atoms with Crippen LogP contribution in [-0.2, 0) is 5.33 Å². The SMILES string of the molecule is BrCc1cc(Br)ccc1N1CCN(c2nccs2)CC1. The second-order valence-electron chi connectivity index (χ2n) is 4.70. The molecule has 0 N–H and O–H groups in total. The molecule has 0 radical (unpaired) electrons. The largest absolute Gasteiger partial charge is 0.368 e. The Hall–Kier alpha value is -0.590. The summed E-state index contributed by atoms with van der Waals surface area (Å²) in [5.41, 5.74) is 2.67. The van der Waals surface area contributed by atoms with E-state index < -0.39 is 0 Å². The monoisotopic (exact) mass is 415 g/mol. The van der Waals surface area contributed by atoms with Crippen molar-refractivity contribution < 1.29 is 0 Å². The molecule has 2 aromatic rings. The lowest BCUT2D eigenvalue weighted by molar-refractivity contribution is 0.651. The number of thiazole rings is 1. The van der Waals surface area contributed by atoms with Crippen LogP contribution in [0.2, 0.25) is 0 Å². The first kappa shape index (κ1) is 14.4.